The van der Waals surface area contributed by atoms with Gasteiger partial charge in [0.15, 0.2) is 17.5 Å². The lowest BCUT2D eigenvalue weighted by atomic mass is 9.82. The minimum absolute atomic E-state index is 0.102. The van der Waals surface area contributed by atoms with Crippen molar-refractivity contribution < 1.29 is 0 Å². The van der Waals surface area contributed by atoms with E-state index >= 15 is 0 Å². The summed E-state index contributed by atoms with van der Waals surface area (Å²) in [6.45, 7) is 4.66. The Morgan fingerprint density at radius 3 is 1.98 bits per heavy atom. The van der Waals surface area contributed by atoms with Crippen LogP contribution in [0, 0.1) is 0 Å². The number of pyridine rings is 1. The van der Waals surface area contributed by atoms with Crippen LogP contribution in [-0.4, -0.2) is 24.5 Å². The number of benzene rings is 6. The van der Waals surface area contributed by atoms with E-state index in [1.165, 1.54) is 33.0 Å². The van der Waals surface area contributed by atoms with Crippen LogP contribution in [0.4, 0.5) is 0 Å². The van der Waals surface area contributed by atoms with E-state index < -0.39 is 0 Å². The number of hydrogen-bond donors (Lipinski definition) is 0. The summed E-state index contributed by atoms with van der Waals surface area (Å²) >= 11 is 0. The van der Waals surface area contributed by atoms with Crippen molar-refractivity contribution in [3.8, 4) is 51.1 Å². The van der Waals surface area contributed by atoms with E-state index in [1.54, 1.807) is 0 Å². The molecule has 0 radical (unpaired) electrons. The molecule has 0 unspecified atom stereocenters. The molecule has 0 N–H and O–H groups in total. The number of nitrogens with zero attached hydrogens (tertiary/aromatic N) is 5. The summed E-state index contributed by atoms with van der Waals surface area (Å²) in [6.07, 6.45) is 1.89. The van der Waals surface area contributed by atoms with Crippen molar-refractivity contribution in [2.24, 2.45) is 0 Å². The fourth-order valence-electron chi connectivity index (χ4n) is 7.82. The average molecular weight is 642 g/mol. The maximum atomic E-state index is 5.08. The fraction of sp³-hybridized carbons (Fsp3) is 0.0667. The molecule has 10 rings (SSSR count). The summed E-state index contributed by atoms with van der Waals surface area (Å²) in [6, 6.07) is 51.0. The van der Waals surface area contributed by atoms with Crippen molar-refractivity contribution >= 4 is 32.6 Å². The Bertz CT molecular complexity index is 2770. The minimum Gasteiger partial charge on any atom is -0.294 e. The van der Waals surface area contributed by atoms with Crippen molar-refractivity contribution in [1.82, 2.24) is 24.5 Å². The van der Waals surface area contributed by atoms with E-state index in [4.69, 9.17) is 19.9 Å². The predicted octanol–water partition coefficient (Wildman–Crippen LogP) is 10.8. The van der Waals surface area contributed by atoms with Gasteiger partial charge in [0.1, 0.15) is 5.82 Å². The largest absolute Gasteiger partial charge is 0.294 e. The molecule has 3 heterocycles. The van der Waals surface area contributed by atoms with Crippen LogP contribution in [-0.2, 0) is 5.41 Å². The summed E-state index contributed by atoms with van der Waals surface area (Å²) < 4.78 is 2.29. The molecule has 0 saturated heterocycles. The Morgan fingerprint density at radius 2 is 1.14 bits per heavy atom. The third-order valence-corrected chi connectivity index (χ3v) is 10.3. The molecule has 0 spiro atoms. The van der Waals surface area contributed by atoms with Crippen molar-refractivity contribution in [3.63, 3.8) is 0 Å². The monoisotopic (exact) mass is 641 g/mol. The highest BCUT2D eigenvalue weighted by Crippen LogP contribution is 2.50. The molecule has 5 heteroatoms. The lowest BCUT2D eigenvalue weighted by Gasteiger charge is -2.21. The topological polar surface area (TPSA) is 56.5 Å². The molecule has 9 aromatic rings. The van der Waals surface area contributed by atoms with Crippen LogP contribution in [0.5, 0.6) is 0 Å². The van der Waals surface area contributed by atoms with E-state index in [0.29, 0.717) is 17.5 Å². The molecule has 0 atom stereocenters. The van der Waals surface area contributed by atoms with Gasteiger partial charge in [-0.05, 0) is 63.4 Å². The minimum atomic E-state index is -0.102. The first-order valence-electron chi connectivity index (χ1n) is 17.0. The van der Waals surface area contributed by atoms with Crippen LogP contribution in [0.3, 0.4) is 0 Å². The smallest absolute Gasteiger partial charge is 0.165 e. The van der Waals surface area contributed by atoms with E-state index in [-0.39, 0.29) is 5.41 Å². The van der Waals surface area contributed by atoms with Gasteiger partial charge in [0.25, 0.3) is 0 Å². The van der Waals surface area contributed by atoms with Crippen molar-refractivity contribution in [3.05, 3.63) is 163 Å². The third-order valence-electron chi connectivity index (χ3n) is 10.3. The molecule has 50 heavy (non-hydrogen) atoms. The third kappa shape index (κ3) is 4.26. The van der Waals surface area contributed by atoms with Crippen LogP contribution >= 0.6 is 0 Å². The number of rotatable bonds is 4. The number of aromatic nitrogens is 5. The first-order valence-corrected chi connectivity index (χ1v) is 17.0. The molecule has 236 valence electrons. The lowest BCUT2D eigenvalue weighted by molar-refractivity contribution is 0.661. The zero-order valence-corrected chi connectivity index (χ0v) is 27.7. The van der Waals surface area contributed by atoms with Gasteiger partial charge in [-0.15, -0.1) is 0 Å². The zero-order chi connectivity index (χ0) is 33.4. The first-order chi connectivity index (χ1) is 24.5. The molecule has 5 nitrogen and oxygen atoms in total. The molecule has 0 saturated carbocycles. The van der Waals surface area contributed by atoms with Gasteiger partial charge >= 0.3 is 0 Å². The van der Waals surface area contributed by atoms with Crippen molar-refractivity contribution in [2.75, 3.05) is 0 Å². The fourth-order valence-corrected chi connectivity index (χ4v) is 7.82. The number of para-hydroxylation sites is 1. The van der Waals surface area contributed by atoms with E-state index in [2.05, 4.69) is 134 Å². The summed E-state index contributed by atoms with van der Waals surface area (Å²) in [4.78, 5) is 20.1. The van der Waals surface area contributed by atoms with Crippen molar-refractivity contribution in [2.45, 2.75) is 19.3 Å². The van der Waals surface area contributed by atoms with Gasteiger partial charge in [0.05, 0.1) is 11.0 Å². The Hall–Kier alpha value is -6.46. The second-order valence-corrected chi connectivity index (χ2v) is 13.5. The summed E-state index contributed by atoms with van der Waals surface area (Å²) in [7, 11) is 0. The summed E-state index contributed by atoms with van der Waals surface area (Å²) in [5.74, 6) is 2.69. The first kappa shape index (κ1) is 28.5. The molecular formula is C45H31N5. The van der Waals surface area contributed by atoms with Crippen molar-refractivity contribution in [1.29, 1.82) is 0 Å². The maximum absolute atomic E-state index is 5.08. The second-order valence-electron chi connectivity index (χ2n) is 13.5. The molecule has 0 bridgehead atoms. The van der Waals surface area contributed by atoms with Crippen LogP contribution in [0.1, 0.15) is 25.0 Å². The highest BCUT2D eigenvalue weighted by atomic mass is 15.1. The van der Waals surface area contributed by atoms with E-state index in [0.717, 1.165) is 44.3 Å². The maximum Gasteiger partial charge on any atom is 0.165 e. The molecule has 1 aliphatic carbocycles. The van der Waals surface area contributed by atoms with Crippen LogP contribution in [0.25, 0.3) is 83.7 Å². The van der Waals surface area contributed by atoms with Gasteiger partial charge in [-0.3, -0.25) is 4.57 Å². The summed E-state index contributed by atoms with van der Waals surface area (Å²) in [5, 5.41) is 4.68. The highest BCUT2D eigenvalue weighted by molar-refractivity contribution is 6.11. The zero-order valence-electron chi connectivity index (χ0n) is 27.7. The Balaban J connectivity index is 1.14. The Kier molecular flexibility index (Phi) is 6.15. The summed E-state index contributed by atoms with van der Waals surface area (Å²) in [5.41, 5.74) is 10.3. The second kappa shape index (κ2) is 10.8. The van der Waals surface area contributed by atoms with E-state index in [9.17, 15) is 0 Å². The highest BCUT2D eigenvalue weighted by Gasteiger charge is 2.36. The lowest BCUT2D eigenvalue weighted by Crippen LogP contribution is -2.15. The normalized spacial score (nSPS) is 13.2. The molecular weight excluding hydrogens is 611 g/mol. The Labute approximate surface area is 289 Å². The molecule has 3 aromatic heterocycles. The molecule has 0 amide bonds. The van der Waals surface area contributed by atoms with Gasteiger partial charge in [-0.2, -0.15) is 0 Å². The predicted molar refractivity (Wildman–Crippen MR) is 203 cm³/mol. The number of fused-ring (bicyclic) bond motifs is 7. The standard InChI is InChI=1S/C45H31N5/c1-45(2)37-21-10-8-18-32(37)35-25-36-33-19-9-11-22-39(33)50(40(36)26-38(35)45)41-24-23-30(27-46-41)43-47-42(29-14-4-3-5-15-29)48-44(49-43)34-20-12-16-28-13-6-7-17-31(28)34/h3-27H,1-2H3. The van der Waals surface area contributed by atoms with Gasteiger partial charge < -0.3 is 0 Å². The Morgan fingerprint density at radius 1 is 0.460 bits per heavy atom. The van der Waals surface area contributed by atoms with Crippen LogP contribution in [0.2, 0.25) is 0 Å². The molecule has 1 aliphatic rings. The quantitative estimate of drug-likeness (QED) is 0.192. The SMILES string of the molecule is CC1(C)c2ccccc2-c2cc3c4ccccc4n(-c4ccc(-c5nc(-c6ccccc6)nc(-c6cccc7ccccc67)n5)cn4)c3cc21. The number of hydrogen-bond acceptors (Lipinski definition) is 4. The molecule has 0 aliphatic heterocycles. The van der Waals surface area contributed by atoms with Gasteiger partial charge in [0, 0.05) is 39.1 Å². The average Bonchev–Trinajstić information content (AvgIpc) is 3.62. The van der Waals surface area contributed by atoms with Crippen LogP contribution < -0.4 is 0 Å². The van der Waals surface area contributed by atoms with Gasteiger partial charge in [-0.25, -0.2) is 19.9 Å². The van der Waals surface area contributed by atoms with Crippen LogP contribution in [0.15, 0.2) is 152 Å². The molecule has 6 aromatic carbocycles. The van der Waals surface area contributed by atoms with Gasteiger partial charge in [0.2, 0.25) is 0 Å². The van der Waals surface area contributed by atoms with E-state index in [1.807, 2.05) is 36.5 Å². The molecule has 0 fully saturated rings. The van der Waals surface area contributed by atoms with Gasteiger partial charge in [-0.1, -0.05) is 129 Å².